The number of nitrogens with one attached hydrogen (secondary N) is 2. The third kappa shape index (κ3) is 5.21. The van der Waals surface area contributed by atoms with Crippen LogP contribution in [0.1, 0.15) is 47.1 Å². The van der Waals surface area contributed by atoms with Gasteiger partial charge in [0.25, 0.3) is 5.56 Å². The Morgan fingerprint density at radius 3 is 2.62 bits per heavy atom. The molecule has 5 aromatic rings. The fourth-order valence-electron chi connectivity index (χ4n) is 6.03. The lowest BCUT2D eigenvalue weighted by atomic mass is 9.78. The van der Waals surface area contributed by atoms with Crippen molar-refractivity contribution in [2.45, 2.75) is 38.6 Å². The second kappa shape index (κ2) is 11.2. The number of aromatic nitrogens is 2. The number of H-pyrrole nitrogens is 1. The quantitative estimate of drug-likeness (QED) is 0.270. The molecule has 0 saturated heterocycles. The van der Waals surface area contributed by atoms with Gasteiger partial charge in [-0.25, -0.2) is 5.10 Å². The second-order valence-electron chi connectivity index (χ2n) is 10.4. The van der Waals surface area contributed by atoms with Crippen LogP contribution in [-0.2, 0) is 19.4 Å². The summed E-state index contributed by atoms with van der Waals surface area (Å²) < 4.78 is 0. The molecule has 2 aliphatic rings. The number of allylic oxidation sites excluding steroid dienone is 4. The Morgan fingerprint density at radius 1 is 0.872 bits per heavy atom. The van der Waals surface area contributed by atoms with E-state index in [4.69, 9.17) is 0 Å². The van der Waals surface area contributed by atoms with Gasteiger partial charge in [0.2, 0.25) is 0 Å². The maximum Gasteiger partial charge on any atom is 0.272 e. The van der Waals surface area contributed by atoms with Crippen molar-refractivity contribution in [2.75, 3.05) is 7.05 Å². The zero-order valence-corrected chi connectivity index (χ0v) is 22.3. The number of hydrogen-bond donors (Lipinski definition) is 2. The van der Waals surface area contributed by atoms with Crippen LogP contribution in [0.3, 0.4) is 0 Å². The monoisotopic (exact) mass is 511 g/mol. The van der Waals surface area contributed by atoms with E-state index in [-0.39, 0.29) is 5.56 Å². The smallest absolute Gasteiger partial charge is 0.272 e. The zero-order chi connectivity index (χ0) is 26.6. The minimum absolute atomic E-state index is 0.136. The van der Waals surface area contributed by atoms with E-state index in [0.717, 1.165) is 18.4 Å². The van der Waals surface area contributed by atoms with Crippen molar-refractivity contribution in [1.29, 1.82) is 0 Å². The summed E-state index contributed by atoms with van der Waals surface area (Å²) in [5.41, 5.74) is 10.3. The van der Waals surface area contributed by atoms with Crippen LogP contribution >= 0.6 is 0 Å². The number of aryl methyl sites for hydroxylation is 1. The number of hydrogen-bond acceptors (Lipinski definition) is 3. The van der Waals surface area contributed by atoms with Gasteiger partial charge in [0.1, 0.15) is 0 Å². The molecule has 4 heteroatoms. The third-order valence-electron chi connectivity index (χ3n) is 7.83. The molecular formula is C35H33N3O. The van der Waals surface area contributed by atoms with Crippen LogP contribution in [0.4, 0.5) is 0 Å². The molecule has 0 fully saturated rings. The SMILES string of the molecule is CNCc1cccc(Cc2cccc3ccc4c(c23)CCC2=C4C=CCC2)c1.O=c1[nH]ncc2ccccc12. The summed E-state index contributed by atoms with van der Waals surface area (Å²) in [6.07, 6.45) is 12.2. The highest BCUT2D eigenvalue weighted by atomic mass is 16.1. The van der Waals surface area contributed by atoms with Crippen molar-refractivity contribution >= 4 is 27.1 Å². The molecule has 0 amide bonds. The van der Waals surface area contributed by atoms with E-state index in [1.54, 1.807) is 23.4 Å². The number of aromatic amines is 1. The van der Waals surface area contributed by atoms with Crippen LogP contribution in [0.5, 0.6) is 0 Å². The first kappa shape index (κ1) is 25.0. The Hall–Kier alpha value is -4.28. The molecule has 4 nitrogen and oxygen atoms in total. The van der Waals surface area contributed by atoms with Gasteiger partial charge >= 0.3 is 0 Å². The molecule has 1 aromatic heterocycles. The molecule has 0 saturated carbocycles. The summed E-state index contributed by atoms with van der Waals surface area (Å²) in [5.74, 6) is 0. The van der Waals surface area contributed by atoms with E-state index in [2.05, 4.69) is 82.3 Å². The predicted octanol–water partition coefficient (Wildman–Crippen LogP) is 7.12. The van der Waals surface area contributed by atoms with Gasteiger partial charge in [-0.1, -0.05) is 90.5 Å². The summed E-state index contributed by atoms with van der Waals surface area (Å²) in [4.78, 5) is 11.1. The summed E-state index contributed by atoms with van der Waals surface area (Å²) in [6, 6.07) is 27.8. The molecule has 2 N–H and O–H groups in total. The normalized spacial score (nSPS) is 14.1. The lowest BCUT2D eigenvalue weighted by Crippen LogP contribution is -2.08. The zero-order valence-electron chi connectivity index (χ0n) is 22.3. The van der Waals surface area contributed by atoms with Crippen LogP contribution in [0.25, 0.3) is 27.1 Å². The van der Waals surface area contributed by atoms with Crippen LogP contribution in [0.15, 0.2) is 108 Å². The predicted molar refractivity (Wildman–Crippen MR) is 162 cm³/mol. The van der Waals surface area contributed by atoms with E-state index in [9.17, 15) is 4.79 Å². The highest BCUT2D eigenvalue weighted by molar-refractivity contribution is 5.96. The molecule has 0 spiro atoms. The van der Waals surface area contributed by atoms with Crippen molar-refractivity contribution in [3.63, 3.8) is 0 Å². The van der Waals surface area contributed by atoms with Crippen LogP contribution in [0, 0.1) is 0 Å². The van der Waals surface area contributed by atoms with Crippen LogP contribution in [-0.4, -0.2) is 17.2 Å². The minimum Gasteiger partial charge on any atom is -0.316 e. The number of rotatable bonds is 4. The molecule has 0 bridgehead atoms. The van der Waals surface area contributed by atoms with Crippen molar-refractivity contribution < 1.29 is 0 Å². The molecule has 0 aliphatic heterocycles. The summed E-state index contributed by atoms with van der Waals surface area (Å²) in [5, 5.41) is 13.7. The highest BCUT2D eigenvalue weighted by Gasteiger charge is 2.21. The number of benzene rings is 4. The Balaban J connectivity index is 0.000000210. The number of fused-ring (bicyclic) bond motifs is 5. The van der Waals surface area contributed by atoms with Gasteiger partial charge < -0.3 is 5.32 Å². The van der Waals surface area contributed by atoms with Crippen molar-refractivity contribution in [3.05, 3.63) is 141 Å². The molecule has 1 heterocycles. The van der Waals surface area contributed by atoms with E-state index >= 15 is 0 Å². The third-order valence-corrected chi connectivity index (χ3v) is 7.83. The van der Waals surface area contributed by atoms with Gasteiger partial charge in [0.15, 0.2) is 0 Å². The largest absolute Gasteiger partial charge is 0.316 e. The fraction of sp³-hybridized carbons (Fsp3) is 0.200. The summed E-state index contributed by atoms with van der Waals surface area (Å²) in [6.45, 7) is 0.919. The maximum atomic E-state index is 11.1. The first-order valence-corrected chi connectivity index (χ1v) is 13.8. The molecule has 2 aliphatic carbocycles. The Bertz CT molecular complexity index is 1770. The first-order chi connectivity index (χ1) is 19.2. The van der Waals surface area contributed by atoms with Crippen molar-refractivity contribution in [1.82, 2.24) is 15.5 Å². The molecule has 4 aromatic carbocycles. The van der Waals surface area contributed by atoms with Gasteiger partial charge in [-0.05, 0) is 89.4 Å². The fourth-order valence-corrected chi connectivity index (χ4v) is 6.03. The van der Waals surface area contributed by atoms with Gasteiger partial charge in [0.05, 0.1) is 6.20 Å². The molecule has 7 rings (SSSR count). The van der Waals surface area contributed by atoms with Crippen molar-refractivity contribution in [3.8, 4) is 0 Å². The maximum absolute atomic E-state index is 11.1. The molecule has 0 unspecified atom stereocenters. The van der Waals surface area contributed by atoms with E-state index in [0.29, 0.717) is 5.39 Å². The Kier molecular flexibility index (Phi) is 7.20. The lowest BCUT2D eigenvalue weighted by Gasteiger charge is -2.26. The number of nitrogens with zero attached hydrogens (tertiary/aromatic N) is 1. The van der Waals surface area contributed by atoms with E-state index in [1.165, 1.54) is 64.3 Å². The Labute approximate surface area is 229 Å². The lowest BCUT2D eigenvalue weighted by molar-refractivity contribution is 0.816. The minimum atomic E-state index is -0.136. The molecule has 194 valence electrons. The molecule has 39 heavy (non-hydrogen) atoms. The molecular weight excluding hydrogens is 478 g/mol. The Morgan fingerprint density at radius 2 is 1.72 bits per heavy atom. The van der Waals surface area contributed by atoms with Gasteiger partial charge in [-0.3, -0.25) is 4.79 Å². The van der Waals surface area contributed by atoms with Crippen molar-refractivity contribution in [2.24, 2.45) is 0 Å². The van der Waals surface area contributed by atoms with Gasteiger partial charge in [-0.15, -0.1) is 0 Å². The summed E-state index contributed by atoms with van der Waals surface area (Å²) >= 11 is 0. The van der Waals surface area contributed by atoms with Gasteiger partial charge in [0, 0.05) is 17.3 Å². The summed E-state index contributed by atoms with van der Waals surface area (Å²) in [7, 11) is 2.01. The van der Waals surface area contributed by atoms with E-state index in [1.807, 2.05) is 25.2 Å². The van der Waals surface area contributed by atoms with Crippen LogP contribution < -0.4 is 10.9 Å². The average molecular weight is 512 g/mol. The van der Waals surface area contributed by atoms with E-state index < -0.39 is 0 Å². The molecule has 0 atom stereocenters. The standard InChI is InChI=1S/C27H27N.C8H6N2O/c1-28-18-20-7-4-6-19(16-20)17-23-10-5-9-22-13-14-25-24-11-3-2-8-21(24)12-15-26(25)27(22)23;11-8-7-4-2-1-3-6(7)5-9-10-8/h3-7,9-11,13-14,16,28H,2,8,12,15,17-18H2,1H3;1-5H,(H,10,11). The molecule has 0 radical (unpaired) electrons. The average Bonchev–Trinajstić information content (AvgIpc) is 2.98. The highest BCUT2D eigenvalue weighted by Crippen LogP contribution is 2.41. The topological polar surface area (TPSA) is 57.8 Å². The second-order valence-corrected chi connectivity index (χ2v) is 10.4. The first-order valence-electron chi connectivity index (χ1n) is 13.8. The van der Waals surface area contributed by atoms with Crippen LogP contribution in [0.2, 0.25) is 0 Å². The van der Waals surface area contributed by atoms with Gasteiger partial charge in [-0.2, -0.15) is 5.10 Å².